The molecule has 1 amide bonds. The number of aliphatic carboxylic acids is 1. The van der Waals surface area contributed by atoms with E-state index in [1.54, 1.807) is 12.1 Å². The van der Waals surface area contributed by atoms with Gasteiger partial charge in [0.15, 0.2) is 0 Å². The molecule has 2 aliphatic rings. The maximum atomic E-state index is 13.4. The molecule has 1 heterocycles. The molecule has 1 N–H and O–H groups in total. The lowest BCUT2D eigenvalue weighted by Crippen LogP contribution is -2.50. The van der Waals surface area contributed by atoms with Crippen molar-refractivity contribution in [2.24, 2.45) is 0 Å². The monoisotopic (exact) mass is 349 g/mol. The number of carbonyl (C=O) groups is 2. The van der Waals surface area contributed by atoms with Crippen LogP contribution in [0.2, 0.25) is 0 Å². The molecule has 0 spiro atoms. The van der Waals surface area contributed by atoms with Gasteiger partial charge >= 0.3 is 5.97 Å². The Morgan fingerprint density at radius 1 is 0.923 bits per heavy atom. The largest absolute Gasteiger partial charge is 0.481 e. The van der Waals surface area contributed by atoms with Crippen LogP contribution in [0.25, 0.3) is 0 Å². The van der Waals surface area contributed by atoms with Crippen LogP contribution in [0.1, 0.15) is 65.5 Å². The summed E-state index contributed by atoms with van der Waals surface area (Å²) in [6, 6.07) is 16.5. The number of benzene rings is 2. The van der Waals surface area contributed by atoms with E-state index >= 15 is 0 Å². The van der Waals surface area contributed by atoms with Gasteiger partial charge in [0.2, 0.25) is 0 Å². The van der Waals surface area contributed by atoms with Crippen molar-refractivity contribution in [3.05, 3.63) is 71.3 Å². The molecule has 2 aromatic carbocycles. The Hall–Kier alpha value is -2.62. The zero-order chi connectivity index (χ0) is 18.1. The molecular weight excluding hydrogens is 326 g/mol. The Labute approximate surface area is 153 Å². The summed E-state index contributed by atoms with van der Waals surface area (Å²) in [6.45, 7) is 0. The molecule has 4 nitrogen and oxygen atoms in total. The van der Waals surface area contributed by atoms with Crippen LogP contribution in [0.5, 0.6) is 0 Å². The second-order valence-electron chi connectivity index (χ2n) is 7.26. The van der Waals surface area contributed by atoms with E-state index in [-0.39, 0.29) is 11.9 Å². The van der Waals surface area contributed by atoms with E-state index in [4.69, 9.17) is 0 Å². The molecule has 1 aliphatic carbocycles. The summed E-state index contributed by atoms with van der Waals surface area (Å²) in [5.41, 5.74) is 2.07. The van der Waals surface area contributed by atoms with E-state index in [9.17, 15) is 14.7 Å². The minimum atomic E-state index is -0.875. The molecule has 0 aromatic heterocycles. The van der Waals surface area contributed by atoms with Gasteiger partial charge in [-0.15, -0.1) is 0 Å². The van der Waals surface area contributed by atoms with Crippen LogP contribution in [0.4, 0.5) is 0 Å². The predicted molar refractivity (Wildman–Crippen MR) is 99.0 cm³/mol. The summed E-state index contributed by atoms with van der Waals surface area (Å²) in [7, 11) is 0. The number of carboxylic acid groups (broad SMARTS) is 1. The highest BCUT2D eigenvalue weighted by Crippen LogP contribution is 2.45. The lowest BCUT2D eigenvalue weighted by atomic mass is 9.77. The summed E-state index contributed by atoms with van der Waals surface area (Å²) in [6.07, 6.45) is 5.27. The molecule has 4 rings (SSSR count). The van der Waals surface area contributed by atoms with Crippen LogP contribution >= 0.6 is 0 Å². The molecular formula is C22H23NO3. The van der Waals surface area contributed by atoms with Gasteiger partial charge in [-0.2, -0.15) is 0 Å². The Morgan fingerprint density at radius 2 is 1.58 bits per heavy atom. The maximum Gasteiger partial charge on any atom is 0.313 e. The van der Waals surface area contributed by atoms with E-state index in [0.29, 0.717) is 11.1 Å². The molecule has 0 radical (unpaired) electrons. The van der Waals surface area contributed by atoms with Gasteiger partial charge in [0.25, 0.3) is 5.91 Å². The first kappa shape index (κ1) is 16.8. The summed E-state index contributed by atoms with van der Waals surface area (Å²) in [4.78, 5) is 27.6. The predicted octanol–water partition coefficient (Wildman–Crippen LogP) is 4.38. The second-order valence-corrected chi connectivity index (χ2v) is 7.26. The SMILES string of the molecule is O=C(O)C1c2ccccc2C(=O)N(C2CCCCC2)C1c1ccccc1. The van der Waals surface area contributed by atoms with Crippen LogP contribution in [0, 0.1) is 0 Å². The molecule has 2 atom stereocenters. The van der Waals surface area contributed by atoms with Gasteiger partial charge in [-0.1, -0.05) is 67.8 Å². The number of hydrogen-bond donors (Lipinski definition) is 1. The smallest absolute Gasteiger partial charge is 0.313 e. The van der Waals surface area contributed by atoms with Crippen LogP contribution in [-0.2, 0) is 4.79 Å². The molecule has 1 aliphatic heterocycles. The number of carboxylic acids is 1. The van der Waals surface area contributed by atoms with E-state index in [2.05, 4.69) is 0 Å². The van der Waals surface area contributed by atoms with Crippen molar-refractivity contribution >= 4 is 11.9 Å². The summed E-state index contributed by atoms with van der Waals surface area (Å²) in [5.74, 6) is -1.65. The van der Waals surface area contributed by atoms with Crippen molar-refractivity contribution in [1.82, 2.24) is 4.90 Å². The summed E-state index contributed by atoms with van der Waals surface area (Å²) in [5, 5.41) is 10.1. The third-order valence-corrected chi connectivity index (χ3v) is 5.75. The topological polar surface area (TPSA) is 57.6 Å². The van der Waals surface area contributed by atoms with Gasteiger partial charge in [0.1, 0.15) is 5.92 Å². The summed E-state index contributed by atoms with van der Waals surface area (Å²) < 4.78 is 0. The third kappa shape index (κ3) is 2.79. The number of amides is 1. The highest BCUT2D eigenvalue weighted by Gasteiger charge is 2.46. The van der Waals surface area contributed by atoms with E-state index in [1.807, 2.05) is 47.4 Å². The maximum absolute atomic E-state index is 13.4. The van der Waals surface area contributed by atoms with Gasteiger partial charge in [-0.25, -0.2) is 0 Å². The van der Waals surface area contributed by atoms with Crippen LogP contribution in [-0.4, -0.2) is 27.9 Å². The van der Waals surface area contributed by atoms with Crippen LogP contribution < -0.4 is 0 Å². The van der Waals surface area contributed by atoms with E-state index in [1.165, 1.54) is 6.42 Å². The van der Waals surface area contributed by atoms with E-state index < -0.39 is 17.9 Å². The first-order valence-corrected chi connectivity index (χ1v) is 9.38. The van der Waals surface area contributed by atoms with Gasteiger partial charge in [-0.05, 0) is 30.0 Å². The van der Waals surface area contributed by atoms with Crippen LogP contribution in [0.3, 0.4) is 0 Å². The molecule has 0 bridgehead atoms. The van der Waals surface area contributed by atoms with Gasteiger partial charge in [0.05, 0.1) is 6.04 Å². The Kier molecular flexibility index (Phi) is 4.49. The third-order valence-electron chi connectivity index (χ3n) is 5.75. The molecule has 2 unspecified atom stereocenters. The molecule has 26 heavy (non-hydrogen) atoms. The van der Waals surface area contributed by atoms with Crippen molar-refractivity contribution < 1.29 is 14.7 Å². The van der Waals surface area contributed by atoms with Crippen LogP contribution in [0.15, 0.2) is 54.6 Å². The van der Waals surface area contributed by atoms with Gasteiger partial charge in [0, 0.05) is 11.6 Å². The number of hydrogen-bond acceptors (Lipinski definition) is 2. The molecule has 1 saturated carbocycles. The fourth-order valence-corrected chi connectivity index (χ4v) is 4.58. The van der Waals surface area contributed by atoms with Gasteiger partial charge in [-0.3, -0.25) is 9.59 Å². The Bertz CT molecular complexity index is 811. The second kappa shape index (κ2) is 6.94. The number of nitrogens with zero attached hydrogens (tertiary/aromatic N) is 1. The minimum absolute atomic E-state index is 0.0288. The zero-order valence-electron chi connectivity index (χ0n) is 14.7. The van der Waals surface area contributed by atoms with Crippen molar-refractivity contribution in [1.29, 1.82) is 0 Å². The highest BCUT2D eigenvalue weighted by atomic mass is 16.4. The molecule has 2 aromatic rings. The molecule has 1 fully saturated rings. The Balaban J connectivity index is 1.89. The Morgan fingerprint density at radius 3 is 2.27 bits per heavy atom. The van der Waals surface area contributed by atoms with Crippen molar-refractivity contribution in [2.45, 2.75) is 50.1 Å². The van der Waals surface area contributed by atoms with Gasteiger partial charge < -0.3 is 10.0 Å². The fraction of sp³-hybridized carbons (Fsp3) is 0.364. The molecule has 134 valence electrons. The normalized spacial score (nSPS) is 23.5. The van der Waals surface area contributed by atoms with Crippen molar-refractivity contribution in [2.75, 3.05) is 0 Å². The zero-order valence-corrected chi connectivity index (χ0v) is 14.7. The molecule has 4 heteroatoms. The highest BCUT2D eigenvalue weighted by molar-refractivity contribution is 6.00. The average Bonchev–Trinajstić information content (AvgIpc) is 2.69. The summed E-state index contributed by atoms with van der Waals surface area (Å²) >= 11 is 0. The number of carbonyl (C=O) groups excluding carboxylic acids is 1. The average molecular weight is 349 g/mol. The lowest BCUT2D eigenvalue weighted by molar-refractivity contribution is -0.141. The minimum Gasteiger partial charge on any atom is -0.481 e. The number of rotatable bonds is 3. The standard InChI is InChI=1S/C22H23NO3/c24-21-18-14-8-7-13-17(18)19(22(25)26)20(15-9-3-1-4-10-15)23(21)16-11-5-2-6-12-16/h1,3-4,7-10,13-14,16,19-20H,2,5-6,11-12H2,(H,25,26). The lowest BCUT2D eigenvalue weighted by Gasteiger charge is -2.46. The first-order valence-electron chi connectivity index (χ1n) is 9.38. The van der Waals surface area contributed by atoms with Crippen molar-refractivity contribution in [3.63, 3.8) is 0 Å². The number of fused-ring (bicyclic) bond motifs is 1. The van der Waals surface area contributed by atoms with E-state index in [0.717, 1.165) is 31.2 Å². The van der Waals surface area contributed by atoms with Crippen molar-refractivity contribution in [3.8, 4) is 0 Å². The molecule has 0 saturated heterocycles. The quantitative estimate of drug-likeness (QED) is 0.894. The first-order chi connectivity index (χ1) is 12.7. The fourth-order valence-electron chi connectivity index (χ4n) is 4.58.